The van der Waals surface area contributed by atoms with Gasteiger partial charge in [0, 0.05) is 12.8 Å². The highest BCUT2D eigenvalue weighted by atomic mass is 16.5. The fraction of sp³-hybridized carbons (Fsp3) is 0.972. The third kappa shape index (κ3) is 64.0. The molecule has 1 amide bonds. The third-order valence-electron chi connectivity index (χ3n) is 17.4. The van der Waals surface area contributed by atoms with Crippen molar-refractivity contribution < 1.29 is 24.5 Å². The number of aliphatic hydroxyl groups excluding tert-OH is 2. The maximum Gasteiger partial charge on any atom is 0.305 e. The number of hydrogen-bond acceptors (Lipinski definition) is 5. The van der Waals surface area contributed by atoms with Crippen LogP contribution >= 0.6 is 0 Å². The number of amides is 1. The molecule has 466 valence electrons. The van der Waals surface area contributed by atoms with Gasteiger partial charge < -0.3 is 20.3 Å². The van der Waals surface area contributed by atoms with Crippen LogP contribution in [0.3, 0.4) is 0 Å². The lowest BCUT2D eigenvalue weighted by molar-refractivity contribution is -0.143. The number of carbonyl (C=O) groups excluding carboxylic acids is 2. The molecule has 0 aromatic carbocycles. The van der Waals surface area contributed by atoms with E-state index in [0.717, 1.165) is 38.5 Å². The largest absolute Gasteiger partial charge is 0.466 e. The van der Waals surface area contributed by atoms with Crippen molar-refractivity contribution in [1.82, 2.24) is 5.32 Å². The van der Waals surface area contributed by atoms with E-state index in [-0.39, 0.29) is 18.5 Å². The summed E-state index contributed by atoms with van der Waals surface area (Å²) in [6.07, 6.45) is 82.9. The number of rotatable bonds is 69. The maximum atomic E-state index is 12.6. The first kappa shape index (κ1) is 76.9. The van der Waals surface area contributed by atoms with Gasteiger partial charge in [-0.15, -0.1) is 0 Å². The first-order chi connectivity index (χ1) is 38.5. The van der Waals surface area contributed by atoms with Crippen molar-refractivity contribution >= 4 is 11.9 Å². The van der Waals surface area contributed by atoms with Gasteiger partial charge in [-0.1, -0.05) is 386 Å². The van der Waals surface area contributed by atoms with Crippen LogP contribution in [0.1, 0.15) is 425 Å². The summed E-state index contributed by atoms with van der Waals surface area (Å²) in [4.78, 5) is 24.7. The Balaban J connectivity index is 3.37. The van der Waals surface area contributed by atoms with E-state index in [9.17, 15) is 19.8 Å². The summed E-state index contributed by atoms with van der Waals surface area (Å²) in [5.74, 6) is -0.0146. The standard InChI is InChI=1S/C72H143NO5/c1-3-5-7-9-11-13-15-17-19-21-22-23-24-25-26-27-30-33-36-40-44-48-52-56-60-64-70(75)69(68-74)73-71(76)65-61-57-53-49-45-41-37-34-31-28-29-32-35-39-43-47-51-55-59-63-67-78-72(77)66-62-58-54-50-46-42-38-20-18-16-14-12-10-8-6-4-2/h69-70,74-75H,3-68H2,1-2H3,(H,73,76). The van der Waals surface area contributed by atoms with Crippen LogP contribution in [0, 0.1) is 0 Å². The molecule has 0 aromatic rings. The highest BCUT2D eigenvalue weighted by molar-refractivity contribution is 5.76. The highest BCUT2D eigenvalue weighted by Gasteiger charge is 2.20. The van der Waals surface area contributed by atoms with Gasteiger partial charge in [0.05, 0.1) is 25.4 Å². The van der Waals surface area contributed by atoms with Crippen LogP contribution < -0.4 is 5.32 Å². The van der Waals surface area contributed by atoms with E-state index >= 15 is 0 Å². The van der Waals surface area contributed by atoms with Crippen molar-refractivity contribution in [2.24, 2.45) is 0 Å². The molecular formula is C72H143NO5. The molecule has 0 aromatic heterocycles. The lowest BCUT2D eigenvalue weighted by Crippen LogP contribution is -2.45. The molecule has 0 aliphatic carbocycles. The van der Waals surface area contributed by atoms with Gasteiger partial charge in [-0.3, -0.25) is 9.59 Å². The van der Waals surface area contributed by atoms with Gasteiger partial charge in [-0.05, 0) is 25.7 Å². The zero-order chi connectivity index (χ0) is 56.4. The minimum Gasteiger partial charge on any atom is -0.466 e. The van der Waals surface area contributed by atoms with E-state index in [1.165, 1.54) is 353 Å². The molecule has 0 rings (SSSR count). The zero-order valence-electron chi connectivity index (χ0n) is 53.4. The Hall–Kier alpha value is -1.14. The number of hydrogen-bond donors (Lipinski definition) is 3. The van der Waals surface area contributed by atoms with Crippen molar-refractivity contribution in [3.63, 3.8) is 0 Å². The van der Waals surface area contributed by atoms with Gasteiger partial charge >= 0.3 is 5.97 Å². The van der Waals surface area contributed by atoms with Crippen molar-refractivity contribution in [2.75, 3.05) is 13.2 Å². The van der Waals surface area contributed by atoms with E-state index in [1.54, 1.807) is 0 Å². The first-order valence-electron chi connectivity index (χ1n) is 36.3. The van der Waals surface area contributed by atoms with Gasteiger partial charge in [-0.25, -0.2) is 0 Å². The van der Waals surface area contributed by atoms with E-state index in [4.69, 9.17) is 4.74 Å². The fourth-order valence-corrected chi connectivity index (χ4v) is 11.9. The summed E-state index contributed by atoms with van der Waals surface area (Å²) < 4.78 is 5.50. The molecule has 0 saturated heterocycles. The molecule has 0 aliphatic heterocycles. The average molecular weight is 1100 g/mol. The predicted molar refractivity (Wildman–Crippen MR) is 343 cm³/mol. The van der Waals surface area contributed by atoms with Crippen LogP contribution in [0.25, 0.3) is 0 Å². The molecular weight excluding hydrogens is 959 g/mol. The Morgan fingerprint density at radius 1 is 0.308 bits per heavy atom. The fourth-order valence-electron chi connectivity index (χ4n) is 11.9. The topological polar surface area (TPSA) is 95.9 Å². The third-order valence-corrected chi connectivity index (χ3v) is 17.4. The summed E-state index contributed by atoms with van der Waals surface area (Å²) in [7, 11) is 0. The SMILES string of the molecule is CCCCCCCCCCCCCCCCCCCCCCCCCCCC(O)C(CO)NC(=O)CCCCCCCCCCCCCCCCCCCCCCOC(=O)CCCCCCCCCCCCCCCCCC. The zero-order valence-corrected chi connectivity index (χ0v) is 53.4. The molecule has 3 N–H and O–H groups in total. The van der Waals surface area contributed by atoms with Crippen molar-refractivity contribution in [2.45, 2.75) is 437 Å². The van der Waals surface area contributed by atoms with Gasteiger partial charge in [0.25, 0.3) is 0 Å². The van der Waals surface area contributed by atoms with Crippen molar-refractivity contribution in [1.29, 1.82) is 0 Å². The van der Waals surface area contributed by atoms with E-state index in [1.807, 2.05) is 0 Å². The quantitative estimate of drug-likeness (QED) is 0.0417. The first-order valence-corrected chi connectivity index (χ1v) is 36.3. The molecule has 2 atom stereocenters. The van der Waals surface area contributed by atoms with Crippen LogP contribution in [0.2, 0.25) is 0 Å². The van der Waals surface area contributed by atoms with Crippen LogP contribution in [0.4, 0.5) is 0 Å². The second-order valence-electron chi connectivity index (χ2n) is 25.3. The van der Waals surface area contributed by atoms with Crippen LogP contribution in [-0.4, -0.2) is 47.4 Å². The Morgan fingerprint density at radius 2 is 0.526 bits per heavy atom. The Labute approximate surface area is 489 Å². The second-order valence-corrected chi connectivity index (χ2v) is 25.3. The van der Waals surface area contributed by atoms with Gasteiger partial charge in [0.1, 0.15) is 0 Å². The normalized spacial score (nSPS) is 12.4. The molecule has 0 heterocycles. The molecule has 0 radical (unpaired) electrons. The number of nitrogens with one attached hydrogen (secondary N) is 1. The number of carbonyl (C=O) groups is 2. The van der Waals surface area contributed by atoms with E-state index < -0.39 is 12.1 Å². The minimum atomic E-state index is -0.666. The molecule has 0 spiro atoms. The second kappa shape index (κ2) is 68.4. The molecule has 0 fully saturated rings. The molecule has 78 heavy (non-hydrogen) atoms. The number of unbranched alkanes of at least 4 members (excludes halogenated alkanes) is 58. The minimum absolute atomic E-state index is 0.0159. The highest BCUT2D eigenvalue weighted by Crippen LogP contribution is 2.20. The van der Waals surface area contributed by atoms with Gasteiger partial charge in [-0.2, -0.15) is 0 Å². The number of ether oxygens (including phenoxy) is 1. The molecule has 0 aliphatic rings. The smallest absolute Gasteiger partial charge is 0.305 e. The summed E-state index contributed by atoms with van der Waals surface area (Å²) >= 11 is 0. The molecule has 0 bridgehead atoms. The van der Waals surface area contributed by atoms with Crippen molar-refractivity contribution in [3.05, 3.63) is 0 Å². The monoisotopic (exact) mass is 1100 g/mol. The maximum absolute atomic E-state index is 12.6. The lowest BCUT2D eigenvalue weighted by Gasteiger charge is -2.22. The number of esters is 1. The van der Waals surface area contributed by atoms with Crippen LogP contribution in [0.5, 0.6) is 0 Å². The summed E-state index contributed by atoms with van der Waals surface area (Å²) in [5, 5.41) is 23.5. The predicted octanol–water partition coefficient (Wildman–Crippen LogP) is 23.4. The molecule has 0 saturated carbocycles. The van der Waals surface area contributed by atoms with Crippen LogP contribution in [-0.2, 0) is 14.3 Å². The molecule has 2 unspecified atom stereocenters. The molecule has 6 heteroatoms. The number of aliphatic hydroxyl groups is 2. The molecule has 6 nitrogen and oxygen atoms in total. The lowest BCUT2D eigenvalue weighted by atomic mass is 10.0. The van der Waals surface area contributed by atoms with Gasteiger partial charge in [0.15, 0.2) is 0 Å². The van der Waals surface area contributed by atoms with E-state index in [0.29, 0.717) is 25.9 Å². The van der Waals surface area contributed by atoms with E-state index in [2.05, 4.69) is 19.2 Å². The van der Waals surface area contributed by atoms with Crippen LogP contribution in [0.15, 0.2) is 0 Å². The van der Waals surface area contributed by atoms with Crippen molar-refractivity contribution in [3.8, 4) is 0 Å². The average Bonchev–Trinajstić information content (AvgIpc) is 3.44. The Morgan fingerprint density at radius 3 is 0.782 bits per heavy atom. The Kier molecular flexibility index (Phi) is 67.4. The Bertz CT molecular complexity index is 1130. The van der Waals surface area contributed by atoms with Gasteiger partial charge in [0.2, 0.25) is 5.91 Å². The summed E-state index contributed by atoms with van der Waals surface area (Å²) in [6, 6.07) is -0.543. The summed E-state index contributed by atoms with van der Waals surface area (Å²) in [6.45, 7) is 5.01. The summed E-state index contributed by atoms with van der Waals surface area (Å²) in [5.41, 5.74) is 0.